The van der Waals surface area contributed by atoms with Crippen LogP contribution in [0.2, 0.25) is 0 Å². The van der Waals surface area contributed by atoms with Crippen molar-refractivity contribution in [2.45, 2.75) is 0 Å². The number of fused-ring (bicyclic) bond motifs is 1. The molecular weight excluding hydrogens is 314 g/mol. The molecule has 3 rings (SSSR count). The molecule has 0 radical (unpaired) electrons. The number of nitrogens with one attached hydrogen (secondary N) is 2. The first-order chi connectivity index (χ1) is 11.5. The summed E-state index contributed by atoms with van der Waals surface area (Å²) in [5, 5.41) is 1.54. The van der Waals surface area contributed by atoms with Gasteiger partial charge in [0.2, 0.25) is 0 Å². The summed E-state index contributed by atoms with van der Waals surface area (Å²) in [6.45, 7) is 0. The van der Waals surface area contributed by atoms with Gasteiger partial charge in [-0.1, -0.05) is 0 Å². The second-order valence-electron chi connectivity index (χ2n) is 5.27. The number of imidazole rings is 1. The molecule has 0 aliphatic carbocycles. The maximum atomic E-state index is 12.0. The first-order valence-corrected chi connectivity index (χ1v) is 7.11. The van der Waals surface area contributed by atoms with E-state index in [9.17, 15) is 9.59 Å². The molecule has 0 atom stereocenters. The van der Waals surface area contributed by atoms with Crippen LogP contribution in [-0.2, 0) is 0 Å². The molecule has 0 unspecified atom stereocenters. The number of methoxy groups -OCH3 is 2. The third-order valence-electron chi connectivity index (χ3n) is 3.58. The van der Waals surface area contributed by atoms with E-state index in [-0.39, 0.29) is 11.2 Å². The fourth-order valence-electron chi connectivity index (χ4n) is 2.48. The van der Waals surface area contributed by atoms with Crippen molar-refractivity contribution < 1.29 is 9.47 Å². The predicted octanol–water partition coefficient (Wildman–Crippen LogP) is 0.295. The number of benzene rings is 1. The number of hydrogen-bond acceptors (Lipinski definition) is 6. The van der Waals surface area contributed by atoms with Crippen molar-refractivity contribution in [2.75, 3.05) is 33.3 Å². The minimum atomic E-state index is -0.553. The van der Waals surface area contributed by atoms with E-state index in [0.717, 1.165) is 0 Å². The highest BCUT2D eigenvalue weighted by Crippen LogP contribution is 2.31. The third-order valence-corrected chi connectivity index (χ3v) is 3.58. The van der Waals surface area contributed by atoms with Gasteiger partial charge in [0.15, 0.2) is 22.7 Å². The Balaban J connectivity index is 2.26. The normalized spacial score (nSPS) is 10.8. The van der Waals surface area contributed by atoms with Gasteiger partial charge in [-0.2, -0.15) is 4.68 Å². The van der Waals surface area contributed by atoms with E-state index in [4.69, 9.17) is 9.47 Å². The summed E-state index contributed by atoms with van der Waals surface area (Å²) >= 11 is 0. The lowest BCUT2D eigenvalue weighted by molar-refractivity contribution is 0.355. The monoisotopic (exact) mass is 331 g/mol. The van der Waals surface area contributed by atoms with Gasteiger partial charge in [-0.3, -0.25) is 9.78 Å². The zero-order valence-corrected chi connectivity index (χ0v) is 13.7. The van der Waals surface area contributed by atoms with Crippen molar-refractivity contribution in [1.29, 1.82) is 0 Å². The van der Waals surface area contributed by atoms with Crippen LogP contribution in [0.5, 0.6) is 11.5 Å². The number of aromatic amines is 2. The largest absolute Gasteiger partial charge is 0.493 e. The van der Waals surface area contributed by atoms with Gasteiger partial charge < -0.3 is 19.5 Å². The fraction of sp³-hybridized carbons (Fsp3) is 0.267. The van der Waals surface area contributed by atoms with Crippen molar-refractivity contribution in [1.82, 2.24) is 19.6 Å². The van der Waals surface area contributed by atoms with Gasteiger partial charge in [0.25, 0.3) is 5.56 Å². The van der Waals surface area contributed by atoms with Crippen molar-refractivity contribution in [3.05, 3.63) is 39.0 Å². The Morgan fingerprint density at radius 1 is 1.08 bits per heavy atom. The van der Waals surface area contributed by atoms with E-state index < -0.39 is 11.2 Å². The van der Waals surface area contributed by atoms with Gasteiger partial charge in [-0.15, -0.1) is 0 Å². The maximum absolute atomic E-state index is 12.0. The second-order valence-corrected chi connectivity index (χ2v) is 5.27. The number of aromatic nitrogens is 4. The van der Waals surface area contributed by atoms with E-state index in [1.807, 2.05) is 0 Å². The smallest absolute Gasteiger partial charge is 0.349 e. The third kappa shape index (κ3) is 2.39. The van der Waals surface area contributed by atoms with Gasteiger partial charge in [0.1, 0.15) is 5.82 Å². The lowest BCUT2D eigenvalue weighted by Gasteiger charge is -2.14. The molecule has 0 fully saturated rings. The molecule has 2 heterocycles. The standard InChI is InChI=1S/C15H17N5O4/c1-19(2)20-13-11(14(21)18-15(20)22)16-12(17-13)8-5-6-9(23-3)10(7-8)24-4/h5-7H,1-4H3,(H,16,17)(H,18,21,22). The lowest BCUT2D eigenvalue weighted by atomic mass is 10.2. The minimum Gasteiger partial charge on any atom is -0.493 e. The van der Waals surface area contributed by atoms with Crippen molar-refractivity contribution in [3.8, 4) is 22.9 Å². The Labute approximate surface area is 136 Å². The molecule has 0 bridgehead atoms. The second kappa shape index (κ2) is 5.76. The summed E-state index contributed by atoms with van der Waals surface area (Å²) in [6.07, 6.45) is 0. The zero-order chi connectivity index (χ0) is 17.4. The van der Waals surface area contributed by atoms with Gasteiger partial charge in [-0.25, -0.2) is 9.78 Å². The van der Waals surface area contributed by atoms with Gasteiger partial charge in [0, 0.05) is 19.7 Å². The minimum absolute atomic E-state index is 0.216. The molecule has 126 valence electrons. The van der Waals surface area contributed by atoms with Crippen LogP contribution in [0.1, 0.15) is 0 Å². The summed E-state index contributed by atoms with van der Waals surface area (Å²) in [5.74, 6) is 1.56. The molecule has 2 N–H and O–H groups in total. The Bertz CT molecular complexity index is 1010. The molecule has 0 amide bonds. The van der Waals surface area contributed by atoms with Crippen molar-refractivity contribution in [2.24, 2.45) is 0 Å². The molecule has 0 aliphatic rings. The maximum Gasteiger partial charge on any atom is 0.349 e. The first kappa shape index (κ1) is 15.7. The molecule has 0 aliphatic heterocycles. The number of rotatable bonds is 4. The average molecular weight is 331 g/mol. The molecule has 9 nitrogen and oxygen atoms in total. The molecule has 3 aromatic rings. The van der Waals surface area contributed by atoms with Crippen LogP contribution in [-0.4, -0.2) is 47.9 Å². The highest BCUT2D eigenvalue weighted by Gasteiger charge is 2.16. The van der Waals surface area contributed by atoms with Crippen LogP contribution in [0.3, 0.4) is 0 Å². The Morgan fingerprint density at radius 3 is 2.42 bits per heavy atom. The Hall–Kier alpha value is -3.23. The summed E-state index contributed by atoms with van der Waals surface area (Å²) in [5.41, 5.74) is 0.0859. The van der Waals surface area contributed by atoms with Crippen LogP contribution in [0, 0.1) is 0 Å². The Kier molecular flexibility index (Phi) is 3.76. The van der Waals surface area contributed by atoms with E-state index in [1.54, 1.807) is 44.4 Å². The molecule has 9 heteroatoms. The summed E-state index contributed by atoms with van der Waals surface area (Å²) < 4.78 is 11.8. The van der Waals surface area contributed by atoms with Crippen LogP contribution in [0.4, 0.5) is 0 Å². The molecule has 24 heavy (non-hydrogen) atoms. The first-order valence-electron chi connectivity index (χ1n) is 7.11. The summed E-state index contributed by atoms with van der Waals surface area (Å²) in [6, 6.07) is 5.26. The SMILES string of the molecule is COc1ccc(-c2nc3c([nH]2)c(=O)[nH]c(=O)n3N(C)C)cc1OC. The van der Waals surface area contributed by atoms with Crippen molar-refractivity contribution >= 4 is 11.2 Å². The molecular formula is C15H17N5O4. The molecule has 0 spiro atoms. The summed E-state index contributed by atoms with van der Waals surface area (Å²) in [4.78, 5) is 33.7. The van der Waals surface area contributed by atoms with Crippen molar-refractivity contribution in [3.63, 3.8) is 0 Å². The van der Waals surface area contributed by atoms with E-state index in [0.29, 0.717) is 22.9 Å². The van der Waals surface area contributed by atoms with E-state index in [2.05, 4.69) is 15.0 Å². The predicted molar refractivity (Wildman–Crippen MR) is 89.6 cm³/mol. The highest BCUT2D eigenvalue weighted by atomic mass is 16.5. The summed E-state index contributed by atoms with van der Waals surface area (Å²) in [7, 11) is 6.45. The van der Waals surface area contributed by atoms with Gasteiger partial charge >= 0.3 is 5.69 Å². The van der Waals surface area contributed by atoms with Crippen LogP contribution >= 0.6 is 0 Å². The highest BCUT2D eigenvalue weighted by molar-refractivity contribution is 5.76. The Morgan fingerprint density at radius 2 is 1.79 bits per heavy atom. The van der Waals surface area contributed by atoms with Crippen LogP contribution < -0.4 is 25.7 Å². The zero-order valence-electron chi connectivity index (χ0n) is 13.7. The number of H-pyrrole nitrogens is 2. The van der Waals surface area contributed by atoms with Crippen LogP contribution in [0.25, 0.3) is 22.6 Å². The molecule has 1 aromatic carbocycles. The van der Waals surface area contributed by atoms with Gasteiger partial charge in [0.05, 0.1) is 14.2 Å². The number of nitrogens with zero attached hydrogens (tertiary/aromatic N) is 3. The van der Waals surface area contributed by atoms with E-state index in [1.165, 1.54) is 11.8 Å². The lowest BCUT2D eigenvalue weighted by Crippen LogP contribution is -2.40. The number of hydrogen-bond donors (Lipinski definition) is 2. The fourth-order valence-corrected chi connectivity index (χ4v) is 2.48. The van der Waals surface area contributed by atoms with E-state index >= 15 is 0 Å². The topological polar surface area (TPSA) is 105 Å². The van der Waals surface area contributed by atoms with Crippen LogP contribution in [0.15, 0.2) is 27.8 Å². The molecule has 0 saturated carbocycles. The quantitative estimate of drug-likeness (QED) is 0.712. The number of ether oxygens (including phenoxy) is 2. The molecule has 2 aromatic heterocycles. The molecule has 0 saturated heterocycles. The van der Waals surface area contributed by atoms with Gasteiger partial charge in [-0.05, 0) is 18.2 Å². The average Bonchev–Trinajstić information content (AvgIpc) is 2.99.